The number of halogens is 2. The third-order valence-electron chi connectivity index (χ3n) is 3.55. The number of nitrogens with zero attached hydrogens (tertiary/aromatic N) is 3. The highest BCUT2D eigenvalue weighted by molar-refractivity contribution is 9.10. The maximum Gasteiger partial charge on any atom is 0.151 e. The van der Waals surface area contributed by atoms with Crippen LogP contribution in [0.25, 0.3) is 0 Å². The predicted octanol–water partition coefficient (Wildman–Crippen LogP) is 4.14. The predicted molar refractivity (Wildman–Crippen MR) is 79.2 cm³/mol. The Bertz CT molecular complexity index is 394. The second-order valence-corrected chi connectivity index (χ2v) is 5.75. The highest BCUT2D eigenvalue weighted by Crippen LogP contribution is 2.28. The van der Waals surface area contributed by atoms with Gasteiger partial charge in [0.25, 0.3) is 0 Å². The minimum absolute atomic E-state index is 0.408. The lowest BCUT2D eigenvalue weighted by molar-refractivity contribution is 0.415. The Kier molecular flexibility index (Phi) is 5.25. The monoisotopic (exact) mass is 331 g/mol. The van der Waals surface area contributed by atoms with Crippen molar-refractivity contribution < 1.29 is 0 Å². The summed E-state index contributed by atoms with van der Waals surface area (Å²) in [5, 5.41) is 0. The minimum atomic E-state index is 0.408. The molecule has 0 bridgehead atoms. The zero-order valence-electron chi connectivity index (χ0n) is 10.7. The first-order valence-corrected chi connectivity index (χ1v) is 7.93. The summed E-state index contributed by atoms with van der Waals surface area (Å²) < 4.78 is 0.751. The molecule has 5 heteroatoms. The van der Waals surface area contributed by atoms with Crippen molar-refractivity contribution in [3.05, 3.63) is 16.5 Å². The van der Waals surface area contributed by atoms with Gasteiger partial charge in [-0.1, -0.05) is 19.3 Å². The molecular weight excluding hydrogens is 314 g/mol. The molecule has 0 aromatic carbocycles. The zero-order chi connectivity index (χ0) is 13.0. The summed E-state index contributed by atoms with van der Waals surface area (Å²) in [6.45, 7) is 3.14. The Morgan fingerprint density at radius 3 is 2.72 bits per heavy atom. The molecule has 0 unspecified atom stereocenters. The van der Waals surface area contributed by atoms with E-state index in [0.717, 1.165) is 22.7 Å². The average Bonchev–Trinajstić information content (AvgIpc) is 2.42. The van der Waals surface area contributed by atoms with Crippen molar-refractivity contribution in [2.45, 2.75) is 50.9 Å². The standard InChI is InChI=1S/C13H19BrClN3/c1-2-18(10-6-4-3-5-7-10)13-11(8-15)17-12(14)9-16-13/h9-10H,2-8H2,1H3. The van der Waals surface area contributed by atoms with E-state index in [1.807, 2.05) is 0 Å². The summed E-state index contributed by atoms with van der Waals surface area (Å²) in [6, 6.07) is 0.598. The molecule has 1 aliphatic carbocycles. The maximum absolute atomic E-state index is 5.99. The molecule has 1 saturated carbocycles. The molecule has 18 heavy (non-hydrogen) atoms. The van der Waals surface area contributed by atoms with Gasteiger partial charge >= 0.3 is 0 Å². The highest BCUT2D eigenvalue weighted by atomic mass is 79.9. The number of rotatable bonds is 4. The Hall–Kier alpha value is -0.350. The lowest BCUT2D eigenvalue weighted by Crippen LogP contribution is -2.38. The smallest absolute Gasteiger partial charge is 0.151 e. The van der Waals surface area contributed by atoms with Gasteiger partial charge in [-0.25, -0.2) is 9.97 Å². The molecule has 0 aliphatic heterocycles. The van der Waals surface area contributed by atoms with Crippen molar-refractivity contribution in [2.24, 2.45) is 0 Å². The molecule has 1 heterocycles. The molecular formula is C13H19BrClN3. The second kappa shape index (κ2) is 6.71. The van der Waals surface area contributed by atoms with E-state index in [4.69, 9.17) is 11.6 Å². The number of anilines is 1. The molecule has 0 radical (unpaired) electrons. The number of hydrogen-bond acceptors (Lipinski definition) is 3. The molecule has 100 valence electrons. The Morgan fingerprint density at radius 1 is 1.39 bits per heavy atom. The Morgan fingerprint density at radius 2 is 2.11 bits per heavy atom. The summed E-state index contributed by atoms with van der Waals surface area (Å²) in [7, 11) is 0. The first kappa shape index (κ1) is 14.1. The largest absolute Gasteiger partial charge is 0.352 e. The van der Waals surface area contributed by atoms with Gasteiger partial charge in [0.05, 0.1) is 17.8 Å². The summed E-state index contributed by atoms with van der Waals surface area (Å²) >= 11 is 9.35. The summed E-state index contributed by atoms with van der Waals surface area (Å²) in [4.78, 5) is 11.3. The van der Waals surface area contributed by atoms with Crippen molar-refractivity contribution in [3.8, 4) is 0 Å². The fraction of sp³-hybridized carbons (Fsp3) is 0.692. The fourth-order valence-electron chi connectivity index (χ4n) is 2.70. The quantitative estimate of drug-likeness (QED) is 0.776. The first-order valence-electron chi connectivity index (χ1n) is 6.60. The van der Waals surface area contributed by atoms with Gasteiger partial charge in [0, 0.05) is 12.6 Å². The van der Waals surface area contributed by atoms with Crippen LogP contribution in [0.5, 0.6) is 0 Å². The van der Waals surface area contributed by atoms with Gasteiger partial charge in [-0.3, -0.25) is 0 Å². The van der Waals surface area contributed by atoms with E-state index >= 15 is 0 Å². The maximum atomic E-state index is 5.99. The van der Waals surface area contributed by atoms with Gasteiger partial charge in [-0.15, -0.1) is 11.6 Å². The van der Waals surface area contributed by atoms with E-state index in [9.17, 15) is 0 Å². The van der Waals surface area contributed by atoms with E-state index in [1.165, 1.54) is 32.1 Å². The van der Waals surface area contributed by atoms with Crippen LogP contribution in [0.1, 0.15) is 44.7 Å². The van der Waals surface area contributed by atoms with Crippen LogP contribution in [0.4, 0.5) is 5.82 Å². The molecule has 0 atom stereocenters. The molecule has 1 aromatic rings. The van der Waals surface area contributed by atoms with Crippen LogP contribution in [-0.2, 0) is 5.88 Å². The van der Waals surface area contributed by atoms with E-state index in [0.29, 0.717) is 11.9 Å². The molecule has 0 amide bonds. The van der Waals surface area contributed by atoms with Gasteiger partial charge in [0.2, 0.25) is 0 Å². The van der Waals surface area contributed by atoms with Gasteiger partial charge in [0.1, 0.15) is 4.60 Å². The van der Waals surface area contributed by atoms with Crippen LogP contribution in [0.15, 0.2) is 10.8 Å². The van der Waals surface area contributed by atoms with Crippen molar-refractivity contribution >= 4 is 33.3 Å². The summed E-state index contributed by atoms with van der Waals surface area (Å²) in [5.41, 5.74) is 0.874. The lowest BCUT2D eigenvalue weighted by atomic mass is 9.94. The average molecular weight is 333 g/mol. The van der Waals surface area contributed by atoms with E-state index < -0.39 is 0 Å². The highest BCUT2D eigenvalue weighted by Gasteiger charge is 2.23. The van der Waals surface area contributed by atoms with Crippen LogP contribution in [0, 0.1) is 0 Å². The fourth-order valence-corrected chi connectivity index (χ4v) is 3.20. The van der Waals surface area contributed by atoms with Gasteiger partial charge in [-0.05, 0) is 35.7 Å². The van der Waals surface area contributed by atoms with E-state index in [1.54, 1.807) is 6.20 Å². The Balaban J connectivity index is 2.25. The molecule has 1 fully saturated rings. The van der Waals surface area contributed by atoms with Crippen molar-refractivity contribution in [2.75, 3.05) is 11.4 Å². The normalized spacial score (nSPS) is 16.8. The molecule has 1 aliphatic rings. The van der Waals surface area contributed by atoms with E-state index in [-0.39, 0.29) is 0 Å². The SMILES string of the molecule is CCN(c1ncc(Br)nc1CCl)C1CCCCC1. The molecule has 0 saturated heterocycles. The van der Waals surface area contributed by atoms with Crippen LogP contribution in [0.3, 0.4) is 0 Å². The van der Waals surface area contributed by atoms with Crippen LogP contribution in [-0.4, -0.2) is 22.6 Å². The zero-order valence-corrected chi connectivity index (χ0v) is 13.0. The summed E-state index contributed by atoms with van der Waals surface area (Å²) in [5.74, 6) is 1.37. The third-order valence-corrected chi connectivity index (χ3v) is 4.18. The third kappa shape index (κ3) is 3.15. The van der Waals surface area contributed by atoms with Crippen molar-refractivity contribution in [1.29, 1.82) is 0 Å². The number of hydrogen-bond donors (Lipinski definition) is 0. The number of alkyl halides is 1. The van der Waals surface area contributed by atoms with Crippen molar-refractivity contribution in [3.63, 3.8) is 0 Å². The number of aromatic nitrogens is 2. The second-order valence-electron chi connectivity index (χ2n) is 4.67. The van der Waals surface area contributed by atoms with Crippen molar-refractivity contribution in [1.82, 2.24) is 9.97 Å². The molecule has 1 aromatic heterocycles. The van der Waals surface area contributed by atoms with Gasteiger partial charge in [0.15, 0.2) is 5.82 Å². The minimum Gasteiger partial charge on any atom is -0.352 e. The van der Waals surface area contributed by atoms with Gasteiger partial charge in [-0.2, -0.15) is 0 Å². The van der Waals surface area contributed by atoms with Crippen LogP contribution in [0.2, 0.25) is 0 Å². The summed E-state index contributed by atoms with van der Waals surface area (Å²) in [6.07, 6.45) is 8.28. The topological polar surface area (TPSA) is 29.0 Å². The lowest BCUT2D eigenvalue weighted by Gasteiger charge is -2.35. The van der Waals surface area contributed by atoms with Crippen LogP contribution >= 0.6 is 27.5 Å². The molecule has 3 nitrogen and oxygen atoms in total. The molecule has 2 rings (SSSR count). The van der Waals surface area contributed by atoms with E-state index in [2.05, 4.69) is 37.7 Å². The molecule has 0 spiro atoms. The van der Waals surface area contributed by atoms with Gasteiger partial charge < -0.3 is 4.90 Å². The first-order chi connectivity index (χ1) is 8.76. The van der Waals surface area contributed by atoms with Crippen LogP contribution < -0.4 is 4.90 Å². The Labute approximate surface area is 122 Å². The molecule has 0 N–H and O–H groups in total.